The first-order valence-corrected chi connectivity index (χ1v) is 7.94. The van der Waals surface area contributed by atoms with Crippen molar-refractivity contribution in [2.75, 3.05) is 0 Å². The highest BCUT2D eigenvalue weighted by atomic mass is 16.6. The van der Waals surface area contributed by atoms with E-state index in [2.05, 4.69) is 5.10 Å². The second kappa shape index (κ2) is 7.17. The smallest absolute Gasteiger partial charge is 0.435 e. The van der Waals surface area contributed by atoms with Gasteiger partial charge in [0.25, 0.3) is 0 Å². The molecule has 0 spiro atoms. The second-order valence-corrected chi connectivity index (χ2v) is 5.82. The maximum absolute atomic E-state index is 12.3. The summed E-state index contributed by atoms with van der Waals surface area (Å²) in [6.07, 6.45) is 0.710. The molecule has 0 bridgehead atoms. The fraction of sp³-hybridized carbons (Fsp3) is 0.211. The van der Waals surface area contributed by atoms with Crippen molar-refractivity contribution < 1.29 is 19.1 Å². The highest BCUT2D eigenvalue weighted by Gasteiger charge is 2.16. The van der Waals surface area contributed by atoms with Gasteiger partial charge in [-0.05, 0) is 31.5 Å². The third-order valence-electron chi connectivity index (χ3n) is 3.53. The topological polar surface area (TPSA) is 70.4 Å². The third kappa shape index (κ3) is 3.85. The van der Waals surface area contributed by atoms with Gasteiger partial charge < -0.3 is 9.47 Å². The Kier molecular flexibility index (Phi) is 4.79. The van der Waals surface area contributed by atoms with Crippen molar-refractivity contribution in [3.8, 4) is 0 Å². The van der Waals surface area contributed by atoms with E-state index < -0.39 is 12.1 Å². The number of benzene rings is 2. The van der Waals surface area contributed by atoms with Gasteiger partial charge in [-0.3, -0.25) is 0 Å². The standard InChI is InChI=1S/C19H18N2O4/c1-13(2)25-19(23)21-17-10-15(8-9-16(17)11-20-21)18(22)24-12-14-6-4-3-5-7-14/h3-11,13H,12H2,1-2H3. The van der Waals surface area contributed by atoms with Crippen molar-refractivity contribution in [1.29, 1.82) is 0 Å². The Morgan fingerprint density at radius 2 is 1.88 bits per heavy atom. The molecular weight excluding hydrogens is 320 g/mol. The number of rotatable bonds is 4. The lowest BCUT2D eigenvalue weighted by molar-refractivity contribution is 0.0472. The largest absolute Gasteiger partial charge is 0.457 e. The fourth-order valence-corrected chi connectivity index (χ4v) is 2.35. The van der Waals surface area contributed by atoms with E-state index in [1.807, 2.05) is 30.3 Å². The molecule has 0 unspecified atom stereocenters. The van der Waals surface area contributed by atoms with Gasteiger partial charge >= 0.3 is 12.1 Å². The van der Waals surface area contributed by atoms with E-state index in [1.165, 1.54) is 0 Å². The van der Waals surface area contributed by atoms with Crippen LogP contribution in [0, 0.1) is 0 Å². The summed E-state index contributed by atoms with van der Waals surface area (Å²) < 4.78 is 11.6. The molecule has 0 atom stereocenters. The SMILES string of the molecule is CC(C)OC(=O)n1ncc2ccc(C(=O)OCc3ccccc3)cc21. The van der Waals surface area contributed by atoms with E-state index in [1.54, 1.807) is 38.2 Å². The van der Waals surface area contributed by atoms with E-state index in [-0.39, 0.29) is 12.7 Å². The van der Waals surface area contributed by atoms with E-state index in [0.29, 0.717) is 11.1 Å². The van der Waals surface area contributed by atoms with Gasteiger partial charge in [-0.25, -0.2) is 9.59 Å². The maximum Gasteiger partial charge on any atom is 0.435 e. The van der Waals surface area contributed by atoms with Crippen molar-refractivity contribution in [2.45, 2.75) is 26.6 Å². The maximum atomic E-state index is 12.3. The van der Waals surface area contributed by atoms with Crippen molar-refractivity contribution in [3.05, 3.63) is 65.9 Å². The van der Waals surface area contributed by atoms with Crippen LogP contribution in [-0.2, 0) is 16.1 Å². The summed E-state index contributed by atoms with van der Waals surface area (Å²) >= 11 is 0. The van der Waals surface area contributed by atoms with Gasteiger partial charge in [0, 0.05) is 5.39 Å². The number of fused-ring (bicyclic) bond motifs is 1. The molecule has 3 aromatic rings. The molecule has 1 heterocycles. The summed E-state index contributed by atoms with van der Waals surface area (Å²) in [6, 6.07) is 14.4. The summed E-state index contributed by atoms with van der Waals surface area (Å²) in [5.74, 6) is -0.462. The summed E-state index contributed by atoms with van der Waals surface area (Å²) in [5.41, 5.74) is 1.75. The lowest BCUT2D eigenvalue weighted by atomic mass is 10.1. The summed E-state index contributed by atoms with van der Waals surface area (Å²) in [7, 11) is 0. The first-order chi connectivity index (χ1) is 12.0. The molecular formula is C19H18N2O4. The van der Waals surface area contributed by atoms with Crippen LogP contribution in [0.4, 0.5) is 4.79 Å². The molecule has 0 saturated carbocycles. The van der Waals surface area contributed by atoms with Crippen LogP contribution in [0.15, 0.2) is 54.7 Å². The molecule has 3 rings (SSSR count). The minimum absolute atomic E-state index is 0.187. The molecule has 0 aliphatic carbocycles. The van der Waals surface area contributed by atoms with Crippen molar-refractivity contribution in [1.82, 2.24) is 9.78 Å². The quantitative estimate of drug-likeness (QED) is 0.677. The molecule has 0 aliphatic heterocycles. The lowest BCUT2D eigenvalue weighted by Gasteiger charge is -2.08. The summed E-state index contributed by atoms with van der Waals surface area (Å²) in [5, 5.41) is 4.77. The van der Waals surface area contributed by atoms with Gasteiger partial charge in [0.15, 0.2) is 0 Å². The third-order valence-corrected chi connectivity index (χ3v) is 3.53. The van der Waals surface area contributed by atoms with Crippen LogP contribution in [0.1, 0.15) is 29.8 Å². The molecule has 0 amide bonds. The van der Waals surface area contributed by atoms with Crippen LogP contribution >= 0.6 is 0 Å². The molecule has 0 N–H and O–H groups in total. The average molecular weight is 338 g/mol. The zero-order valence-electron chi connectivity index (χ0n) is 14.0. The number of ether oxygens (including phenoxy) is 2. The summed E-state index contributed by atoms with van der Waals surface area (Å²) in [4.78, 5) is 24.4. The molecule has 1 aromatic heterocycles. The van der Waals surface area contributed by atoms with E-state index in [0.717, 1.165) is 15.6 Å². The number of carbonyl (C=O) groups is 2. The Hall–Kier alpha value is -3.15. The second-order valence-electron chi connectivity index (χ2n) is 5.82. The Morgan fingerprint density at radius 1 is 1.12 bits per heavy atom. The number of carbonyl (C=O) groups excluding carboxylic acids is 2. The van der Waals surface area contributed by atoms with E-state index in [9.17, 15) is 9.59 Å². The molecule has 128 valence electrons. The molecule has 0 fully saturated rings. The van der Waals surface area contributed by atoms with Crippen LogP contribution in [-0.4, -0.2) is 27.9 Å². The number of esters is 1. The van der Waals surface area contributed by atoms with E-state index >= 15 is 0 Å². The monoisotopic (exact) mass is 338 g/mol. The molecule has 6 nitrogen and oxygen atoms in total. The average Bonchev–Trinajstić information content (AvgIpc) is 3.03. The van der Waals surface area contributed by atoms with Gasteiger partial charge in [0.2, 0.25) is 0 Å². The highest BCUT2D eigenvalue weighted by molar-refractivity contribution is 5.96. The number of aromatic nitrogens is 2. The predicted molar refractivity (Wildman–Crippen MR) is 92.3 cm³/mol. The van der Waals surface area contributed by atoms with Crippen LogP contribution in [0.25, 0.3) is 10.9 Å². The van der Waals surface area contributed by atoms with Crippen LogP contribution in [0.3, 0.4) is 0 Å². The van der Waals surface area contributed by atoms with Gasteiger partial charge in [-0.15, -0.1) is 0 Å². The van der Waals surface area contributed by atoms with Crippen molar-refractivity contribution in [2.24, 2.45) is 0 Å². The Balaban J connectivity index is 1.80. The number of hydrogen-bond donors (Lipinski definition) is 0. The lowest BCUT2D eigenvalue weighted by Crippen LogP contribution is -2.19. The number of hydrogen-bond acceptors (Lipinski definition) is 5. The molecule has 25 heavy (non-hydrogen) atoms. The molecule has 0 aliphatic rings. The predicted octanol–water partition coefficient (Wildman–Crippen LogP) is 3.79. The Bertz CT molecular complexity index is 900. The molecule has 0 saturated heterocycles. The Labute approximate surface area is 145 Å². The van der Waals surface area contributed by atoms with Crippen LogP contribution in [0.5, 0.6) is 0 Å². The highest BCUT2D eigenvalue weighted by Crippen LogP contribution is 2.17. The first kappa shape index (κ1) is 16.7. The van der Waals surface area contributed by atoms with Gasteiger partial charge in [-0.2, -0.15) is 9.78 Å². The summed E-state index contributed by atoms with van der Waals surface area (Å²) in [6.45, 7) is 3.71. The number of nitrogens with zero attached hydrogens (tertiary/aromatic N) is 2. The zero-order chi connectivity index (χ0) is 17.8. The van der Waals surface area contributed by atoms with E-state index in [4.69, 9.17) is 9.47 Å². The van der Waals surface area contributed by atoms with Gasteiger partial charge in [0.05, 0.1) is 23.4 Å². The van der Waals surface area contributed by atoms with Gasteiger partial charge in [-0.1, -0.05) is 36.4 Å². The van der Waals surface area contributed by atoms with Crippen molar-refractivity contribution >= 4 is 23.0 Å². The van der Waals surface area contributed by atoms with Gasteiger partial charge in [0.1, 0.15) is 6.61 Å². The molecule has 6 heteroatoms. The molecule has 2 aromatic carbocycles. The normalized spacial score (nSPS) is 10.8. The minimum atomic E-state index is -0.584. The van der Waals surface area contributed by atoms with Crippen LogP contribution < -0.4 is 0 Å². The fourth-order valence-electron chi connectivity index (χ4n) is 2.35. The minimum Gasteiger partial charge on any atom is -0.457 e. The first-order valence-electron chi connectivity index (χ1n) is 7.94. The Morgan fingerprint density at radius 3 is 2.60 bits per heavy atom. The molecule has 0 radical (unpaired) electrons. The zero-order valence-corrected chi connectivity index (χ0v) is 14.0. The van der Waals surface area contributed by atoms with Crippen LogP contribution in [0.2, 0.25) is 0 Å². The van der Waals surface area contributed by atoms with Crippen molar-refractivity contribution in [3.63, 3.8) is 0 Å².